The highest BCUT2D eigenvalue weighted by molar-refractivity contribution is 7.99. The van der Waals surface area contributed by atoms with Crippen LogP contribution in [-0.2, 0) is 10.0 Å². The van der Waals surface area contributed by atoms with Crippen LogP contribution < -0.4 is 10.5 Å². The molecule has 1 heterocycles. The van der Waals surface area contributed by atoms with Crippen molar-refractivity contribution in [2.24, 2.45) is 0 Å². The van der Waals surface area contributed by atoms with Crippen LogP contribution in [0.2, 0.25) is 5.02 Å². The SMILES string of the molecule is Cc1cc(S(=O)(=O)NC2CCCSC2)cc(N)c1Cl. The minimum Gasteiger partial charge on any atom is -0.397 e. The average molecular weight is 321 g/mol. The van der Waals surface area contributed by atoms with Gasteiger partial charge in [0.1, 0.15) is 0 Å². The van der Waals surface area contributed by atoms with E-state index < -0.39 is 10.0 Å². The molecule has 1 aliphatic heterocycles. The van der Waals surface area contributed by atoms with Crippen molar-refractivity contribution in [2.75, 3.05) is 17.2 Å². The highest BCUT2D eigenvalue weighted by Gasteiger charge is 2.23. The summed E-state index contributed by atoms with van der Waals surface area (Å²) in [7, 11) is -3.52. The van der Waals surface area contributed by atoms with Crippen molar-refractivity contribution in [1.82, 2.24) is 4.72 Å². The summed E-state index contributed by atoms with van der Waals surface area (Å²) in [4.78, 5) is 0.183. The molecule has 7 heteroatoms. The van der Waals surface area contributed by atoms with Crippen molar-refractivity contribution in [2.45, 2.75) is 30.7 Å². The Kier molecular flexibility index (Phi) is 4.66. The summed E-state index contributed by atoms with van der Waals surface area (Å²) in [5, 5.41) is 0.409. The number of nitrogen functional groups attached to an aromatic ring is 1. The van der Waals surface area contributed by atoms with E-state index in [0.29, 0.717) is 16.3 Å². The molecule has 19 heavy (non-hydrogen) atoms. The quantitative estimate of drug-likeness (QED) is 0.839. The van der Waals surface area contributed by atoms with Gasteiger partial charge in [-0.25, -0.2) is 13.1 Å². The molecule has 1 saturated heterocycles. The maximum absolute atomic E-state index is 12.3. The predicted octanol–water partition coefficient (Wildman–Crippen LogP) is 2.40. The zero-order chi connectivity index (χ0) is 14.0. The highest BCUT2D eigenvalue weighted by atomic mass is 35.5. The molecule has 1 aromatic carbocycles. The lowest BCUT2D eigenvalue weighted by atomic mass is 10.2. The van der Waals surface area contributed by atoms with Gasteiger partial charge < -0.3 is 5.73 Å². The average Bonchev–Trinajstić information content (AvgIpc) is 2.36. The van der Waals surface area contributed by atoms with Crippen LogP contribution in [0, 0.1) is 6.92 Å². The fourth-order valence-corrected chi connectivity index (χ4v) is 4.72. The number of benzene rings is 1. The van der Waals surface area contributed by atoms with Crippen molar-refractivity contribution in [3.8, 4) is 0 Å². The topological polar surface area (TPSA) is 72.2 Å². The van der Waals surface area contributed by atoms with Crippen LogP contribution in [0.5, 0.6) is 0 Å². The molecule has 0 spiro atoms. The molecule has 1 unspecified atom stereocenters. The van der Waals surface area contributed by atoms with Gasteiger partial charge in [-0.1, -0.05) is 11.6 Å². The molecular formula is C12H17ClN2O2S2. The van der Waals surface area contributed by atoms with Crippen molar-refractivity contribution >= 4 is 39.1 Å². The Bertz CT molecular complexity index is 546. The zero-order valence-corrected chi connectivity index (χ0v) is 13.0. The van der Waals surface area contributed by atoms with E-state index in [4.69, 9.17) is 17.3 Å². The molecule has 0 radical (unpaired) electrons. The number of anilines is 1. The van der Waals surface area contributed by atoms with Crippen LogP contribution in [0.25, 0.3) is 0 Å². The molecule has 4 nitrogen and oxygen atoms in total. The third kappa shape index (κ3) is 3.56. The number of thioether (sulfide) groups is 1. The fourth-order valence-electron chi connectivity index (χ4n) is 2.04. The molecule has 1 aliphatic rings. The van der Waals surface area contributed by atoms with Gasteiger partial charge in [-0.2, -0.15) is 11.8 Å². The summed E-state index contributed by atoms with van der Waals surface area (Å²) in [6.45, 7) is 1.74. The fraction of sp³-hybridized carbons (Fsp3) is 0.500. The number of sulfonamides is 1. The number of halogens is 1. The maximum atomic E-state index is 12.3. The minimum atomic E-state index is -3.52. The lowest BCUT2D eigenvalue weighted by Crippen LogP contribution is -2.38. The van der Waals surface area contributed by atoms with Gasteiger partial charge >= 0.3 is 0 Å². The molecule has 106 valence electrons. The molecule has 1 fully saturated rings. The number of aryl methyl sites for hydroxylation is 1. The second-order valence-corrected chi connectivity index (χ2v) is 7.92. The second kappa shape index (κ2) is 5.91. The van der Waals surface area contributed by atoms with Gasteiger partial charge in [0.15, 0.2) is 0 Å². The molecular weight excluding hydrogens is 304 g/mol. The van der Waals surface area contributed by atoms with E-state index in [1.54, 1.807) is 24.8 Å². The van der Waals surface area contributed by atoms with Gasteiger partial charge in [0.2, 0.25) is 10.0 Å². The molecule has 1 atom stereocenters. The van der Waals surface area contributed by atoms with E-state index in [9.17, 15) is 8.42 Å². The molecule has 3 N–H and O–H groups in total. The number of rotatable bonds is 3. The van der Waals surface area contributed by atoms with Gasteiger partial charge in [0.25, 0.3) is 0 Å². The van der Waals surface area contributed by atoms with Gasteiger partial charge in [-0.3, -0.25) is 0 Å². The van der Waals surface area contributed by atoms with E-state index in [-0.39, 0.29) is 10.9 Å². The minimum absolute atomic E-state index is 0.000888. The first-order valence-corrected chi connectivity index (χ1v) is 9.07. The van der Waals surface area contributed by atoms with Crippen LogP contribution in [0.15, 0.2) is 17.0 Å². The van der Waals surface area contributed by atoms with Crippen molar-refractivity contribution in [3.05, 3.63) is 22.7 Å². The van der Waals surface area contributed by atoms with Crippen molar-refractivity contribution in [3.63, 3.8) is 0 Å². The Morgan fingerprint density at radius 2 is 2.21 bits per heavy atom. The monoisotopic (exact) mass is 320 g/mol. The predicted molar refractivity (Wildman–Crippen MR) is 81.3 cm³/mol. The Morgan fingerprint density at radius 1 is 1.47 bits per heavy atom. The normalized spacial score (nSPS) is 20.4. The van der Waals surface area contributed by atoms with E-state index in [1.165, 1.54) is 6.07 Å². The molecule has 0 aliphatic carbocycles. The molecule has 0 amide bonds. The second-order valence-electron chi connectivity index (χ2n) is 4.68. The summed E-state index contributed by atoms with van der Waals surface area (Å²) in [5.74, 6) is 1.92. The molecule has 0 saturated carbocycles. The summed E-state index contributed by atoms with van der Waals surface area (Å²) >= 11 is 7.72. The standard InChI is InChI=1S/C12H17ClN2O2S2/c1-8-5-10(6-11(14)12(8)13)19(16,17)15-9-3-2-4-18-7-9/h5-6,9,15H,2-4,7,14H2,1H3. The lowest BCUT2D eigenvalue weighted by molar-refractivity contribution is 0.543. The summed E-state index contributed by atoms with van der Waals surface area (Å²) in [6, 6.07) is 2.96. The van der Waals surface area contributed by atoms with Gasteiger partial charge in [0.05, 0.1) is 15.6 Å². The van der Waals surface area contributed by atoms with E-state index in [2.05, 4.69) is 4.72 Å². The molecule has 1 aromatic rings. The van der Waals surface area contributed by atoms with Crippen LogP contribution in [0.4, 0.5) is 5.69 Å². The summed E-state index contributed by atoms with van der Waals surface area (Å²) < 4.78 is 27.3. The first-order chi connectivity index (χ1) is 8.90. The molecule has 2 rings (SSSR count). The first-order valence-electron chi connectivity index (χ1n) is 6.06. The summed E-state index contributed by atoms with van der Waals surface area (Å²) in [5.41, 5.74) is 6.68. The van der Waals surface area contributed by atoms with Gasteiger partial charge in [0, 0.05) is 11.8 Å². The van der Waals surface area contributed by atoms with Crippen molar-refractivity contribution in [1.29, 1.82) is 0 Å². The number of nitrogens with one attached hydrogen (secondary N) is 1. The van der Waals surface area contributed by atoms with Crippen molar-refractivity contribution < 1.29 is 8.42 Å². The number of hydrogen-bond acceptors (Lipinski definition) is 4. The van der Waals surface area contributed by atoms with Gasteiger partial charge in [-0.05, 0) is 43.2 Å². The Labute approximate surface area is 123 Å². The third-order valence-electron chi connectivity index (χ3n) is 3.05. The smallest absolute Gasteiger partial charge is 0.240 e. The van der Waals surface area contributed by atoms with Gasteiger partial charge in [-0.15, -0.1) is 0 Å². The Hall–Kier alpha value is -0.430. The number of hydrogen-bond donors (Lipinski definition) is 2. The lowest BCUT2D eigenvalue weighted by Gasteiger charge is -2.22. The van der Waals surface area contributed by atoms with E-state index in [0.717, 1.165) is 24.3 Å². The maximum Gasteiger partial charge on any atom is 0.240 e. The van der Waals surface area contributed by atoms with Crippen LogP contribution in [-0.4, -0.2) is 26.0 Å². The first kappa shape index (κ1) is 15.0. The zero-order valence-electron chi connectivity index (χ0n) is 10.6. The van der Waals surface area contributed by atoms with E-state index >= 15 is 0 Å². The van der Waals surface area contributed by atoms with E-state index in [1.807, 2.05) is 0 Å². The largest absolute Gasteiger partial charge is 0.397 e. The number of nitrogens with two attached hydrogens (primary N) is 1. The molecule has 0 bridgehead atoms. The van der Waals surface area contributed by atoms with Crippen LogP contribution in [0.3, 0.4) is 0 Å². The Morgan fingerprint density at radius 3 is 2.79 bits per heavy atom. The third-order valence-corrected chi connectivity index (χ3v) is 6.28. The van der Waals surface area contributed by atoms with Crippen LogP contribution in [0.1, 0.15) is 18.4 Å². The Balaban J connectivity index is 2.24. The van der Waals surface area contributed by atoms with Crippen LogP contribution >= 0.6 is 23.4 Å². The molecule has 0 aromatic heterocycles. The summed E-state index contributed by atoms with van der Waals surface area (Å²) in [6.07, 6.45) is 1.92. The highest BCUT2D eigenvalue weighted by Crippen LogP contribution is 2.27.